The number of halogens is 5. The number of hydrogen-bond acceptors (Lipinski definition) is 2. The van der Waals surface area contributed by atoms with Crippen molar-refractivity contribution in [2.75, 3.05) is 0 Å². The zero-order valence-electron chi connectivity index (χ0n) is 9.22. The molecule has 0 spiro atoms. The molecule has 0 saturated carbocycles. The minimum absolute atomic E-state index is 0.0591. The van der Waals surface area contributed by atoms with Crippen LogP contribution in [-0.4, -0.2) is 11.3 Å². The Balaban J connectivity index is 3.13. The Labute approximate surface area is 120 Å². The SMILES string of the molecule is CC(=O)C(Cl)c1ccc(CBr)c(SC(F)(F)F)c1. The Morgan fingerprint density at radius 3 is 2.56 bits per heavy atom. The summed E-state index contributed by atoms with van der Waals surface area (Å²) in [6.07, 6.45) is 0. The van der Waals surface area contributed by atoms with Crippen LogP contribution in [0.15, 0.2) is 23.1 Å². The quantitative estimate of drug-likeness (QED) is 0.550. The molecule has 0 heterocycles. The molecule has 1 nitrogen and oxygen atoms in total. The Kier molecular flexibility index (Phi) is 5.55. The molecule has 1 rings (SSSR count). The van der Waals surface area contributed by atoms with E-state index in [9.17, 15) is 18.0 Å². The molecule has 0 aliphatic heterocycles. The third-order valence-corrected chi connectivity index (χ3v) is 4.11. The van der Waals surface area contributed by atoms with Crippen molar-refractivity contribution >= 4 is 45.1 Å². The van der Waals surface area contributed by atoms with Gasteiger partial charge in [0.1, 0.15) is 5.38 Å². The van der Waals surface area contributed by atoms with Crippen LogP contribution in [-0.2, 0) is 10.1 Å². The van der Waals surface area contributed by atoms with E-state index in [1.807, 2.05) is 0 Å². The second-order valence-electron chi connectivity index (χ2n) is 3.52. The van der Waals surface area contributed by atoms with Crippen molar-refractivity contribution < 1.29 is 18.0 Å². The minimum Gasteiger partial charge on any atom is -0.298 e. The van der Waals surface area contributed by atoms with E-state index in [1.165, 1.54) is 19.1 Å². The van der Waals surface area contributed by atoms with E-state index in [2.05, 4.69) is 15.9 Å². The molecule has 1 aromatic carbocycles. The van der Waals surface area contributed by atoms with Gasteiger partial charge in [-0.2, -0.15) is 13.2 Å². The van der Waals surface area contributed by atoms with Crippen molar-refractivity contribution in [3.8, 4) is 0 Å². The highest BCUT2D eigenvalue weighted by molar-refractivity contribution is 9.08. The Hall–Kier alpha value is -0.200. The van der Waals surface area contributed by atoms with E-state index in [4.69, 9.17) is 11.6 Å². The fourth-order valence-electron chi connectivity index (χ4n) is 1.29. The molecular weight excluding hydrogens is 353 g/mol. The van der Waals surface area contributed by atoms with Crippen LogP contribution < -0.4 is 0 Å². The molecule has 18 heavy (non-hydrogen) atoms. The Bertz CT molecular complexity index is 450. The van der Waals surface area contributed by atoms with Crippen LogP contribution in [0.4, 0.5) is 13.2 Å². The fourth-order valence-corrected chi connectivity index (χ4v) is 2.82. The summed E-state index contributed by atoms with van der Waals surface area (Å²) in [4.78, 5) is 11.2. The number of rotatable bonds is 4. The van der Waals surface area contributed by atoms with Gasteiger partial charge in [0.2, 0.25) is 0 Å². The third kappa shape index (κ3) is 4.48. The molecule has 0 N–H and O–H groups in total. The summed E-state index contributed by atoms with van der Waals surface area (Å²) in [5.41, 5.74) is -3.48. The lowest BCUT2D eigenvalue weighted by Crippen LogP contribution is -2.04. The molecule has 1 atom stereocenters. The number of benzene rings is 1. The molecule has 0 radical (unpaired) electrons. The first-order chi connectivity index (χ1) is 8.24. The maximum Gasteiger partial charge on any atom is 0.446 e. The van der Waals surface area contributed by atoms with Gasteiger partial charge in [0.25, 0.3) is 0 Å². The van der Waals surface area contributed by atoms with Crippen LogP contribution in [0.2, 0.25) is 0 Å². The van der Waals surface area contributed by atoms with Gasteiger partial charge in [-0.3, -0.25) is 4.79 Å². The second-order valence-corrected chi connectivity index (χ2v) is 5.63. The van der Waals surface area contributed by atoms with Gasteiger partial charge in [0.05, 0.1) is 0 Å². The van der Waals surface area contributed by atoms with Gasteiger partial charge < -0.3 is 0 Å². The summed E-state index contributed by atoms with van der Waals surface area (Å²) in [6, 6.07) is 4.42. The van der Waals surface area contributed by atoms with Crippen LogP contribution >= 0.6 is 39.3 Å². The normalized spacial score (nSPS) is 13.4. The molecule has 0 bridgehead atoms. The summed E-state index contributed by atoms with van der Waals surface area (Å²) in [6.45, 7) is 1.30. The molecule has 7 heteroatoms. The third-order valence-electron chi connectivity index (χ3n) is 2.11. The largest absolute Gasteiger partial charge is 0.446 e. The average molecular weight is 362 g/mol. The molecular formula is C11H9BrClF3OS. The lowest BCUT2D eigenvalue weighted by Gasteiger charge is -2.13. The van der Waals surface area contributed by atoms with Crippen LogP contribution in [0.1, 0.15) is 23.4 Å². The molecule has 0 fully saturated rings. The highest BCUT2D eigenvalue weighted by atomic mass is 79.9. The van der Waals surface area contributed by atoms with Gasteiger partial charge in [-0.15, -0.1) is 11.6 Å². The zero-order valence-corrected chi connectivity index (χ0v) is 12.4. The maximum atomic E-state index is 12.4. The van der Waals surface area contributed by atoms with Crippen molar-refractivity contribution in [3.63, 3.8) is 0 Å². The number of ketones is 1. The predicted molar refractivity (Wildman–Crippen MR) is 70.3 cm³/mol. The highest BCUT2D eigenvalue weighted by Gasteiger charge is 2.30. The first-order valence-electron chi connectivity index (χ1n) is 4.83. The molecule has 0 aliphatic carbocycles. The average Bonchev–Trinajstić information content (AvgIpc) is 2.25. The van der Waals surface area contributed by atoms with Crippen molar-refractivity contribution in [1.82, 2.24) is 0 Å². The van der Waals surface area contributed by atoms with Crippen LogP contribution in [0, 0.1) is 0 Å². The number of thioether (sulfide) groups is 1. The molecule has 0 saturated heterocycles. The molecule has 0 aromatic heterocycles. The van der Waals surface area contributed by atoms with Crippen molar-refractivity contribution in [1.29, 1.82) is 0 Å². The summed E-state index contributed by atoms with van der Waals surface area (Å²) in [5.74, 6) is -0.300. The topological polar surface area (TPSA) is 17.1 Å². The number of hydrogen-bond donors (Lipinski definition) is 0. The first-order valence-corrected chi connectivity index (χ1v) is 7.21. The summed E-state index contributed by atoms with van der Waals surface area (Å²) >= 11 is 8.75. The Morgan fingerprint density at radius 1 is 1.50 bits per heavy atom. The summed E-state index contributed by atoms with van der Waals surface area (Å²) < 4.78 is 37.2. The maximum absolute atomic E-state index is 12.4. The molecule has 1 aromatic rings. The molecule has 0 aliphatic rings. The monoisotopic (exact) mass is 360 g/mol. The molecule has 0 amide bonds. The zero-order chi connectivity index (χ0) is 13.9. The smallest absolute Gasteiger partial charge is 0.298 e. The van der Waals surface area contributed by atoms with Crippen molar-refractivity contribution in [2.45, 2.75) is 28.0 Å². The van der Waals surface area contributed by atoms with Gasteiger partial charge in [-0.05, 0) is 35.9 Å². The van der Waals surface area contributed by atoms with Gasteiger partial charge >= 0.3 is 5.51 Å². The van der Waals surface area contributed by atoms with Gasteiger partial charge in [-0.25, -0.2) is 0 Å². The lowest BCUT2D eigenvalue weighted by atomic mass is 10.1. The van der Waals surface area contributed by atoms with Gasteiger partial charge in [0.15, 0.2) is 5.78 Å². The number of Topliss-reactive ketones (excluding diaryl/α,β-unsaturated/α-hetero) is 1. The van der Waals surface area contributed by atoms with Gasteiger partial charge in [0, 0.05) is 10.2 Å². The predicted octanol–water partition coefficient (Wildman–Crippen LogP) is 5.06. The second kappa shape index (κ2) is 6.30. The molecule has 100 valence electrons. The van der Waals surface area contributed by atoms with Crippen LogP contribution in [0.3, 0.4) is 0 Å². The van der Waals surface area contributed by atoms with Crippen molar-refractivity contribution in [2.24, 2.45) is 0 Å². The summed E-state index contributed by atoms with van der Waals surface area (Å²) in [7, 11) is 0. The van der Waals surface area contributed by atoms with E-state index >= 15 is 0 Å². The van der Waals surface area contributed by atoms with E-state index in [-0.39, 0.29) is 22.4 Å². The minimum atomic E-state index is -4.37. The first kappa shape index (κ1) is 15.9. The van der Waals surface area contributed by atoms with Gasteiger partial charge in [-0.1, -0.05) is 28.1 Å². The number of alkyl halides is 5. The lowest BCUT2D eigenvalue weighted by molar-refractivity contribution is -0.116. The number of carbonyl (C=O) groups excluding carboxylic acids is 1. The van der Waals surface area contributed by atoms with Crippen LogP contribution in [0.25, 0.3) is 0 Å². The van der Waals surface area contributed by atoms with Crippen molar-refractivity contribution in [3.05, 3.63) is 29.3 Å². The number of carbonyl (C=O) groups is 1. The Morgan fingerprint density at radius 2 is 2.11 bits per heavy atom. The fraction of sp³-hybridized carbons (Fsp3) is 0.364. The van der Waals surface area contributed by atoms with E-state index in [0.717, 1.165) is 0 Å². The standard InChI is InChI=1S/C11H9BrClF3OS/c1-6(17)10(13)7-2-3-8(5-12)9(4-7)18-11(14,15)16/h2-4,10H,5H2,1H3. The van der Waals surface area contributed by atoms with E-state index < -0.39 is 10.9 Å². The summed E-state index contributed by atoms with van der Waals surface area (Å²) in [5, 5.41) is -0.611. The van der Waals surface area contributed by atoms with Crippen LogP contribution in [0.5, 0.6) is 0 Å². The molecule has 1 unspecified atom stereocenters. The van der Waals surface area contributed by atoms with E-state index in [1.54, 1.807) is 6.07 Å². The van der Waals surface area contributed by atoms with E-state index in [0.29, 0.717) is 16.5 Å². The highest BCUT2D eigenvalue weighted by Crippen LogP contribution is 2.40.